The van der Waals surface area contributed by atoms with E-state index in [4.69, 9.17) is 5.11 Å². The van der Waals surface area contributed by atoms with E-state index < -0.39 is 0 Å². The molecule has 1 saturated heterocycles. The van der Waals surface area contributed by atoms with Crippen LogP contribution < -0.4 is 0 Å². The number of piperidine rings is 1. The lowest BCUT2D eigenvalue weighted by atomic mass is 10.2. The number of hydrogen-bond acceptors (Lipinski definition) is 2. The first-order valence-corrected chi connectivity index (χ1v) is 3.64. The van der Waals surface area contributed by atoms with Gasteiger partial charge in [0, 0.05) is 12.6 Å². The van der Waals surface area contributed by atoms with Crippen LogP contribution in [0.3, 0.4) is 0 Å². The van der Waals surface area contributed by atoms with Crippen molar-refractivity contribution < 1.29 is 5.11 Å². The van der Waals surface area contributed by atoms with E-state index in [1.807, 2.05) is 0 Å². The van der Waals surface area contributed by atoms with Crippen molar-refractivity contribution in [2.75, 3.05) is 20.2 Å². The molecule has 0 aromatic carbocycles. The Labute approximate surface area is 55.5 Å². The number of aliphatic hydroxyl groups excluding tert-OH is 1. The molecule has 9 heavy (non-hydrogen) atoms. The van der Waals surface area contributed by atoms with Gasteiger partial charge in [0.25, 0.3) is 0 Å². The zero-order valence-electron chi connectivity index (χ0n) is 5.75. The molecule has 0 amide bonds. The number of aliphatic hydroxyl groups is 1. The summed E-state index contributed by atoms with van der Waals surface area (Å²) in [6, 6.07) is 0.495. The molecule has 0 bridgehead atoms. The summed E-state index contributed by atoms with van der Waals surface area (Å²) < 4.78 is 0. The van der Waals surface area contributed by atoms with Gasteiger partial charge in [-0.05, 0) is 25.3 Å². The van der Waals surface area contributed by atoms with Crippen LogP contribution in [0.1, 0.15) is 6.42 Å². The molecule has 0 spiro atoms. The molecule has 52 valence electrons. The average molecular weight is 127 g/mol. The van der Waals surface area contributed by atoms with E-state index in [9.17, 15) is 0 Å². The molecule has 1 aliphatic heterocycles. The quantitative estimate of drug-likeness (QED) is 0.533. The Hall–Kier alpha value is -0.0800. The van der Waals surface area contributed by atoms with Gasteiger partial charge in [-0.3, -0.25) is 0 Å². The van der Waals surface area contributed by atoms with Gasteiger partial charge in [-0.2, -0.15) is 0 Å². The average Bonchev–Trinajstić information content (AvgIpc) is 2.45. The van der Waals surface area contributed by atoms with Gasteiger partial charge in [-0.1, -0.05) is 0 Å². The molecule has 0 unspecified atom stereocenters. The summed E-state index contributed by atoms with van der Waals surface area (Å²) in [5.41, 5.74) is 0. The number of fused-ring (bicyclic) bond motifs is 1. The third-order valence-electron chi connectivity index (χ3n) is 2.75. The van der Waals surface area contributed by atoms with Crippen molar-refractivity contribution in [1.82, 2.24) is 4.90 Å². The van der Waals surface area contributed by atoms with Crippen molar-refractivity contribution in [2.45, 2.75) is 12.5 Å². The van der Waals surface area contributed by atoms with Crippen LogP contribution in [0.15, 0.2) is 0 Å². The zero-order chi connectivity index (χ0) is 6.43. The zero-order valence-corrected chi connectivity index (χ0v) is 5.75. The Morgan fingerprint density at radius 2 is 2.44 bits per heavy atom. The second-order valence-corrected chi connectivity index (χ2v) is 3.35. The molecular weight excluding hydrogens is 114 g/mol. The molecule has 3 atom stereocenters. The highest BCUT2D eigenvalue weighted by Gasteiger charge is 2.50. The molecular formula is C7H13NO. The molecule has 1 N–H and O–H groups in total. The van der Waals surface area contributed by atoms with E-state index >= 15 is 0 Å². The second kappa shape index (κ2) is 1.70. The van der Waals surface area contributed by atoms with Gasteiger partial charge in [0.05, 0.1) is 6.61 Å². The molecule has 2 rings (SSSR count). The monoisotopic (exact) mass is 127 g/mol. The largest absolute Gasteiger partial charge is 0.395 e. The topological polar surface area (TPSA) is 23.5 Å². The van der Waals surface area contributed by atoms with Gasteiger partial charge in [0.1, 0.15) is 0 Å². The van der Waals surface area contributed by atoms with Gasteiger partial charge in [0.2, 0.25) is 0 Å². The van der Waals surface area contributed by atoms with Gasteiger partial charge in [-0.25, -0.2) is 0 Å². The molecule has 2 aliphatic rings. The predicted octanol–water partition coefficient (Wildman–Crippen LogP) is -0.0712. The standard InChI is InChI=1S/C7H13NO/c1-8-3-5-2-6(5)7(8)4-9/h5-7,9H,2-4H2,1H3/t5-,6-,7-/m1/s1. The molecule has 0 aromatic rings. The Kier molecular flexibility index (Phi) is 1.08. The van der Waals surface area contributed by atoms with Crippen molar-refractivity contribution >= 4 is 0 Å². The third-order valence-corrected chi connectivity index (χ3v) is 2.75. The second-order valence-electron chi connectivity index (χ2n) is 3.35. The highest BCUT2D eigenvalue weighted by molar-refractivity contribution is 5.02. The summed E-state index contributed by atoms with van der Waals surface area (Å²) >= 11 is 0. The minimum absolute atomic E-state index is 0.359. The first-order valence-electron chi connectivity index (χ1n) is 3.64. The maximum Gasteiger partial charge on any atom is 0.0589 e. The summed E-state index contributed by atoms with van der Waals surface area (Å²) in [5, 5.41) is 8.89. The van der Waals surface area contributed by atoms with Crippen LogP contribution >= 0.6 is 0 Å². The lowest BCUT2D eigenvalue weighted by Gasteiger charge is -2.19. The van der Waals surface area contributed by atoms with Crippen molar-refractivity contribution in [3.63, 3.8) is 0 Å². The lowest BCUT2D eigenvalue weighted by Crippen LogP contribution is -2.32. The Morgan fingerprint density at radius 3 is 2.78 bits per heavy atom. The first kappa shape index (κ1) is 5.69. The van der Waals surface area contributed by atoms with Gasteiger partial charge in [-0.15, -0.1) is 0 Å². The summed E-state index contributed by atoms with van der Waals surface area (Å²) in [6.07, 6.45) is 1.37. The van der Waals surface area contributed by atoms with E-state index in [1.165, 1.54) is 13.0 Å². The lowest BCUT2D eigenvalue weighted by molar-refractivity contribution is 0.160. The molecule has 1 saturated carbocycles. The number of nitrogens with zero attached hydrogens (tertiary/aromatic N) is 1. The summed E-state index contributed by atoms with van der Waals surface area (Å²) in [5.74, 6) is 1.78. The number of likely N-dealkylation sites (tertiary alicyclic amines) is 1. The van der Waals surface area contributed by atoms with Crippen molar-refractivity contribution in [1.29, 1.82) is 0 Å². The number of hydrogen-bond donors (Lipinski definition) is 1. The maximum absolute atomic E-state index is 8.89. The van der Waals surface area contributed by atoms with Gasteiger partial charge >= 0.3 is 0 Å². The molecule has 1 aliphatic carbocycles. The normalized spacial score (nSPS) is 49.3. The van der Waals surface area contributed by atoms with Crippen LogP contribution in [0.5, 0.6) is 0 Å². The van der Waals surface area contributed by atoms with E-state index in [2.05, 4.69) is 11.9 Å². The van der Waals surface area contributed by atoms with Crippen LogP contribution in [-0.2, 0) is 0 Å². The Balaban J connectivity index is 2.02. The van der Waals surface area contributed by atoms with Crippen LogP contribution in [0.4, 0.5) is 0 Å². The van der Waals surface area contributed by atoms with Crippen molar-refractivity contribution in [3.8, 4) is 0 Å². The van der Waals surface area contributed by atoms with Crippen molar-refractivity contribution in [2.24, 2.45) is 11.8 Å². The number of likely N-dealkylation sites (N-methyl/N-ethyl adjacent to an activating group) is 1. The first-order chi connectivity index (χ1) is 4.33. The van der Waals surface area contributed by atoms with E-state index in [1.54, 1.807) is 0 Å². The fourth-order valence-corrected chi connectivity index (χ4v) is 2.06. The Morgan fingerprint density at radius 1 is 1.67 bits per heavy atom. The van der Waals surface area contributed by atoms with Crippen molar-refractivity contribution in [3.05, 3.63) is 0 Å². The number of rotatable bonds is 1. The van der Waals surface area contributed by atoms with Crippen LogP contribution in [0.2, 0.25) is 0 Å². The summed E-state index contributed by atoms with van der Waals surface area (Å²) in [4.78, 5) is 2.28. The Bertz CT molecular complexity index is 124. The minimum atomic E-state index is 0.359. The minimum Gasteiger partial charge on any atom is -0.395 e. The maximum atomic E-state index is 8.89. The van der Waals surface area contributed by atoms with Gasteiger partial charge in [0.15, 0.2) is 0 Å². The highest BCUT2D eigenvalue weighted by atomic mass is 16.3. The van der Waals surface area contributed by atoms with Gasteiger partial charge < -0.3 is 10.0 Å². The van der Waals surface area contributed by atoms with Crippen LogP contribution in [-0.4, -0.2) is 36.2 Å². The fraction of sp³-hybridized carbons (Fsp3) is 1.00. The summed E-state index contributed by atoms with van der Waals surface area (Å²) in [6.45, 7) is 1.58. The fourth-order valence-electron chi connectivity index (χ4n) is 2.06. The molecule has 0 aromatic heterocycles. The highest BCUT2D eigenvalue weighted by Crippen LogP contribution is 2.48. The molecule has 1 heterocycles. The smallest absolute Gasteiger partial charge is 0.0589 e. The van der Waals surface area contributed by atoms with E-state index in [0.717, 1.165) is 11.8 Å². The predicted molar refractivity (Wildman–Crippen MR) is 35.1 cm³/mol. The summed E-state index contributed by atoms with van der Waals surface area (Å²) in [7, 11) is 2.10. The van der Waals surface area contributed by atoms with E-state index in [0.29, 0.717) is 12.6 Å². The molecule has 2 fully saturated rings. The van der Waals surface area contributed by atoms with E-state index in [-0.39, 0.29) is 0 Å². The molecule has 0 radical (unpaired) electrons. The van der Waals surface area contributed by atoms with Crippen LogP contribution in [0, 0.1) is 11.8 Å². The molecule has 2 nitrogen and oxygen atoms in total. The SMILES string of the molecule is CN1C[C@H]2C[C@H]2[C@H]1CO. The third kappa shape index (κ3) is 0.700. The molecule has 2 heteroatoms. The van der Waals surface area contributed by atoms with Crippen LogP contribution in [0.25, 0.3) is 0 Å².